The molecule has 0 bridgehead atoms. The number of hydrogen-bond donors (Lipinski definition) is 2. The van der Waals surface area contributed by atoms with Gasteiger partial charge >= 0.3 is 6.18 Å². The molecular formula is C26H17Cl3F3N3O3. The molecule has 0 saturated carbocycles. The van der Waals surface area contributed by atoms with Crippen molar-refractivity contribution in [2.45, 2.75) is 19.3 Å². The van der Waals surface area contributed by atoms with Crippen LogP contribution in [-0.2, 0) is 28.9 Å². The number of rotatable bonds is 7. The van der Waals surface area contributed by atoms with E-state index < -0.39 is 29.5 Å². The number of anilines is 1. The van der Waals surface area contributed by atoms with Crippen molar-refractivity contribution >= 4 is 58.2 Å². The Kier molecular flexibility index (Phi) is 8.01. The maximum absolute atomic E-state index is 13.0. The smallest absolute Gasteiger partial charge is 0.375 e. The summed E-state index contributed by atoms with van der Waals surface area (Å²) in [6.45, 7) is 0.0598. The van der Waals surface area contributed by atoms with E-state index in [-0.39, 0.29) is 40.1 Å². The molecule has 6 nitrogen and oxygen atoms in total. The third kappa shape index (κ3) is 5.96. The van der Waals surface area contributed by atoms with E-state index in [0.717, 1.165) is 23.1 Å². The molecular weight excluding hydrogens is 566 g/mol. The van der Waals surface area contributed by atoms with Gasteiger partial charge in [-0.2, -0.15) is 13.2 Å². The molecule has 0 aromatic heterocycles. The number of hydrogen-bond acceptors (Lipinski definition) is 4. The lowest BCUT2D eigenvalue weighted by Crippen LogP contribution is -2.33. The van der Waals surface area contributed by atoms with Crippen molar-refractivity contribution in [3.63, 3.8) is 0 Å². The lowest BCUT2D eigenvalue weighted by Gasteiger charge is -2.16. The Balaban J connectivity index is 1.39. The normalized spacial score (nSPS) is 13.8. The Morgan fingerprint density at radius 2 is 1.55 bits per heavy atom. The van der Waals surface area contributed by atoms with E-state index in [1.807, 2.05) is 0 Å². The highest BCUT2D eigenvalue weighted by Crippen LogP contribution is 2.34. The predicted molar refractivity (Wildman–Crippen MR) is 138 cm³/mol. The summed E-state index contributed by atoms with van der Waals surface area (Å²) in [5, 5.41) is 5.33. The van der Waals surface area contributed by atoms with Crippen LogP contribution in [0.1, 0.15) is 27.0 Å². The Morgan fingerprint density at radius 3 is 2.21 bits per heavy atom. The molecule has 4 rings (SSSR count). The second-order valence-electron chi connectivity index (χ2n) is 8.17. The van der Waals surface area contributed by atoms with E-state index >= 15 is 0 Å². The Labute approximate surface area is 230 Å². The minimum Gasteiger partial charge on any atom is -0.375 e. The monoisotopic (exact) mass is 581 g/mol. The number of imide groups is 1. The first-order valence-electron chi connectivity index (χ1n) is 11.0. The van der Waals surface area contributed by atoms with Crippen molar-refractivity contribution in [3.8, 4) is 0 Å². The molecule has 0 aliphatic carbocycles. The third-order valence-electron chi connectivity index (χ3n) is 5.63. The van der Waals surface area contributed by atoms with Crippen LogP contribution in [0.25, 0.3) is 0 Å². The second kappa shape index (κ2) is 11.1. The van der Waals surface area contributed by atoms with Crippen LogP contribution in [-0.4, -0.2) is 22.6 Å². The number of halogens is 6. The summed E-state index contributed by atoms with van der Waals surface area (Å²) in [4.78, 5) is 38.9. The van der Waals surface area contributed by atoms with Gasteiger partial charge in [0.05, 0.1) is 22.8 Å². The molecule has 0 fully saturated rings. The maximum atomic E-state index is 13.0. The number of amides is 3. The predicted octanol–water partition coefficient (Wildman–Crippen LogP) is 6.37. The molecule has 0 saturated heterocycles. The molecule has 38 heavy (non-hydrogen) atoms. The van der Waals surface area contributed by atoms with Gasteiger partial charge in [-0.3, -0.25) is 19.3 Å². The van der Waals surface area contributed by atoms with E-state index in [1.165, 1.54) is 12.1 Å². The van der Waals surface area contributed by atoms with Crippen LogP contribution in [0.4, 0.5) is 18.9 Å². The summed E-state index contributed by atoms with van der Waals surface area (Å²) in [6, 6.07) is 15.5. The zero-order valence-corrected chi connectivity index (χ0v) is 21.5. The first kappa shape index (κ1) is 27.5. The van der Waals surface area contributed by atoms with Crippen LogP contribution in [0.2, 0.25) is 10.0 Å². The molecule has 0 atom stereocenters. The summed E-state index contributed by atoms with van der Waals surface area (Å²) in [7, 11) is 0. The Hall–Kier alpha value is -3.53. The highest BCUT2D eigenvalue weighted by atomic mass is 35.5. The zero-order valence-electron chi connectivity index (χ0n) is 19.2. The number of carbonyl (C=O) groups excluding carboxylic acids is 3. The first-order chi connectivity index (χ1) is 18.0. The summed E-state index contributed by atoms with van der Waals surface area (Å²) < 4.78 is 38.9. The van der Waals surface area contributed by atoms with Crippen molar-refractivity contribution in [2.75, 3.05) is 5.32 Å². The van der Waals surface area contributed by atoms with E-state index in [9.17, 15) is 27.6 Å². The molecule has 0 spiro atoms. The fourth-order valence-corrected chi connectivity index (χ4v) is 4.21. The molecule has 0 unspecified atom stereocenters. The van der Waals surface area contributed by atoms with Crippen molar-refractivity contribution in [1.29, 1.82) is 0 Å². The van der Waals surface area contributed by atoms with Gasteiger partial charge < -0.3 is 10.6 Å². The molecule has 1 heterocycles. The minimum atomic E-state index is -4.59. The van der Waals surface area contributed by atoms with E-state index in [1.54, 1.807) is 36.4 Å². The van der Waals surface area contributed by atoms with Crippen molar-refractivity contribution in [1.82, 2.24) is 10.2 Å². The third-order valence-corrected chi connectivity index (χ3v) is 6.67. The lowest BCUT2D eigenvalue weighted by atomic mass is 10.1. The van der Waals surface area contributed by atoms with Crippen LogP contribution in [0.3, 0.4) is 0 Å². The summed E-state index contributed by atoms with van der Waals surface area (Å²) in [5.41, 5.74) is 0.200. The van der Waals surface area contributed by atoms with Gasteiger partial charge in [-0.25, -0.2) is 0 Å². The number of nitrogens with zero attached hydrogens (tertiary/aromatic N) is 1. The Morgan fingerprint density at radius 1 is 0.868 bits per heavy atom. The van der Waals surface area contributed by atoms with Gasteiger partial charge in [0.15, 0.2) is 0 Å². The van der Waals surface area contributed by atoms with Crippen LogP contribution in [0.5, 0.6) is 0 Å². The van der Waals surface area contributed by atoms with Gasteiger partial charge in [0.1, 0.15) is 10.7 Å². The first-order valence-corrected chi connectivity index (χ1v) is 12.1. The van der Waals surface area contributed by atoms with Gasteiger partial charge in [0.25, 0.3) is 17.7 Å². The minimum absolute atomic E-state index is 0.0432. The second-order valence-corrected chi connectivity index (χ2v) is 9.37. The van der Waals surface area contributed by atoms with E-state index in [2.05, 4.69) is 10.6 Å². The fraction of sp³-hybridized carbons (Fsp3) is 0.115. The van der Waals surface area contributed by atoms with E-state index in [0.29, 0.717) is 16.1 Å². The fourth-order valence-electron chi connectivity index (χ4n) is 3.60. The van der Waals surface area contributed by atoms with Gasteiger partial charge in [0.2, 0.25) is 0 Å². The molecule has 3 aromatic carbocycles. The molecule has 0 radical (unpaired) electrons. The highest BCUT2D eigenvalue weighted by molar-refractivity contribution is 6.47. The Bertz CT molecular complexity index is 1460. The zero-order chi connectivity index (χ0) is 27.6. The summed E-state index contributed by atoms with van der Waals surface area (Å²) in [6.07, 6.45) is -4.59. The number of alkyl halides is 3. The number of nitrogens with one attached hydrogen (secondary N) is 2. The summed E-state index contributed by atoms with van der Waals surface area (Å²) in [5.74, 6) is -1.92. The van der Waals surface area contributed by atoms with Gasteiger partial charge in [0, 0.05) is 17.1 Å². The lowest BCUT2D eigenvalue weighted by molar-refractivity contribution is -0.139. The largest absolute Gasteiger partial charge is 0.416 e. The topological polar surface area (TPSA) is 78.5 Å². The summed E-state index contributed by atoms with van der Waals surface area (Å²) >= 11 is 18.2. The quantitative estimate of drug-likeness (QED) is 0.317. The van der Waals surface area contributed by atoms with Crippen molar-refractivity contribution < 1.29 is 27.6 Å². The molecule has 1 aliphatic heterocycles. The van der Waals surface area contributed by atoms with Gasteiger partial charge in [-0.1, -0.05) is 65.1 Å². The van der Waals surface area contributed by atoms with Crippen molar-refractivity contribution in [2.24, 2.45) is 0 Å². The maximum Gasteiger partial charge on any atom is 0.416 e. The van der Waals surface area contributed by atoms with Gasteiger partial charge in [-0.15, -0.1) is 0 Å². The van der Waals surface area contributed by atoms with Crippen LogP contribution < -0.4 is 10.6 Å². The number of carbonyl (C=O) groups is 3. The molecule has 3 amide bonds. The average molecular weight is 583 g/mol. The highest BCUT2D eigenvalue weighted by Gasteiger charge is 2.37. The molecule has 2 N–H and O–H groups in total. The van der Waals surface area contributed by atoms with Gasteiger partial charge in [-0.05, 0) is 47.5 Å². The molecule has 3 aromatic rings. The van der Waals surface area contributed by atoms with Crippen LogP contribution >= 0.6 is 34.8 Å². The molecule has 12 heteroatoms. The molecule has 196 valence electrons. The van der Waals surface area contributed by atoms with E-state index in [4.69, 9.17) is 34.8 Å². The number of benzene rings is 3. The van der Waals surface area contributed by atoms with Crippen LogP contribution in [0, 0.1) is 0 Å². The van der Waals surface area contributed by atoms with Crippen LogP contribution in [0.15, 0.2) is 77.5 Å². The standard InChI is InChI=1S/C26H17Cl3F3N3O3/c27-18-4-2-1-3-16(18)13-35-24(37)21(29)22(25(35)38)33-12-14-5-7-15(8-6-14)23(36)34-20-11-17(26(30,31)32)9-10-19(20)28/h1-11,33H,12-13H2,(H,34,36). The van der Waals surface area contributed by atoms with Crippen molar-refractivity contribution in [3.05, 3.63) is 110 Å². The SMILES string of the molecule is O=C(Nc1cc(C(F)(F)F)ccc1Cl)c1ccc(CNC2=C(Cl)C(=O)N(Cc3ccccc3Cl)C2=O)cc1. The molecule has 1 aliphatic rings. The average Bonchev–Trinajstić information content (AvgIpc) is 3.07.